The van der Waals surface area contributed by atoms with Crippen LogP contribution in [0.4, 0.5) is 14.9 Å². The van der Waals surface area contributed by atoms with Crippen LogP contribution in [-0.2, 0) is 0 Å². The van der Waals surface area contributed by atoms with E-state index in [4.69, 9.17) is 0 Å². The Labute approximate surface area is 105 Å². The number of amides is 2. The predicted molar refractivity (Wildman–Crippen MR) is 66.8 cm³/mol. The van der Waals surface area contributed by atoms with Gasteiger partial charge in [-0.2, -0.15) is 0 Å². The molecule has 0 aliphatic carbocycles. The zero-order valence-electron chi connectivity index (χ0n) is 10.5. The highest BCUT2D eigenvalue weighted by Crippen LogP contribution is 2.28. The normalized spacial score (nSPS) is 17.5. The highest BCUT2D eigenvalue weighted by molar-refractivity contribution is 5.90. The number of halogens is 1. The van der Waals surface area contributed by atoms with Crippen molar-refractivity contribution in [1.82, 2.24) is 4.90 Å². The van der Waals surface area contributed by atoms with Crippen LogP contribution in [0.15, 0.2) is 24.3 Å². The molecule has 18 heavy (non-hydrogen) atoms. The van der Waals surface area contributed by atoms with Crippen LogP contribution in [0.3, 0.4) is 0 Å². The van der Waals surface area contributed by atoms with Crippen molar-refractivity contribution in [3.05, 3.63) is 30.1 Å². The van der Waals surface area contributed by atoms with Gasteiger partial charge in [0, 0.05) is 5.69 Å². The van der Waals surface area contributed by atoms with E-state index < -0.39 is 5.60 Å². The van der Waals surface area contributed by atoms with E-state index in [1.54, 1.807) is 0 Å². The Balaban J connectivity index is 1.89. The first-order valence-corrected chi connectivity index (χ1v) is 5.94. The number of carbonyl (C=O) groups excluding carboxylic acids is 1. The van der Waals surface area contributed by atoms with Crippen molar-refractivity contribution < 1.29 is 14.3 Å². The van der Waals surface area contributed by atoms with Gasteiger partial charge in [-0.1, -0.05) is 13.8 Å². The van der Waals surface area contributed by atoms with Gasteiger partial charge in [0.2, 0.25) is 0 Å². The van der Waals surface area contributed by atoms with Crippen molar-refractivity contribution in [2.45, 2.75) is 19.4 Å². The summed E-state index contributed by atoms with van der Waals surface area (Å²) >= 11 is 0. The molecular weight excluding hydrogens is 235 g/mol. The summed E-state index contributed by atoms with van der Waals surface area (Å²) in [6.07, 6.45) is 0. The Kier molecular flexibility index (Phi) is 3.26. The molecule has 0 spiro atoms. The number of β-amino-alcohol motifs (C(OH)–C–C–N with tert-alkyl or cyclic N) is 1. The summed E-state index contributed by atoms with van der Waals surface area (Å²) in [7, 11) is 0. The van der Waals surface area contributed by atoms with Gasteiger partial charge in [0.25, 0.3) is 0 Å². The van der Waals surface area contributed by atoms with Crippen molar-refractivity contribution in [3.63, 3.8) is 0 Å². The summed E-state index contributed by atoms with van der Waals surface area (Å²) in [5, 5.41) is 12.7. The van der Waals surface area contributed by atoms with E-state index in [1.165, 1.54) is 29.2 Å². The minimum atomic E-state index is -0.778. The molecule has 0 saturated carbocycles. The fourth-order valence-electron chi connectivity index (χ4n) is 1.86. The first kappa shape index (κ1) is 12.8. The van der Waals surface area contributed by atoms with E-state index in [1.807, 2.05) is 13.8 Å². The van der Waals surface area contributed by atoms with Crippen molar-refractivity contribution in [3.8, 4) is 0 Å². The zero-order chi connectivity index (χ0) is 13.3. The molecule has 0 aromatic heterocycles. The number of hydrogen-bond donors (Lipinski definition) is 2. The molecular formula is C13H17FN2O2. The molecule has 1 aromatic rings. The van der Waals surface area contributed by atoms with Crippen LogP contribution in [0.2, 0.25) is 0 Å². The Hall–Kier alpha value is -1.62. The van der Waals surface area contributed by atoms with Gasteiger partial charge in [-0.3, -0.25) is 0 Å². The van der Waals surface area contributed by atoms with Crippen molar-refractivity contribution in [1.29, 1.82) is 0 Å². The standard InChI is InChI=1S/C13H17FN2O2/c1-9(2)13(18)7-16(8-13)12(17)15-11-5-3-10(14)4-6-11/h3-6,9,18H,7-8H2,1-2H3,(H,15,17). The summed E-state index contributed by atoms with van der Waals surface area (Å²) in [6.45, 7) is 4.51. The van der Waals surface area contributed by atoms with Crippen LogP contribution in [-0.4, -0.2) is 34.7 Å². The van der Waals surface area contributed by atoms with Gasteiger partial charge in [-0.15, -0.1) is 0 Å². The number of anilines is 1. The molecule has 0 radical (unpaired) electrons. The maximum Gasteiger partial charge on any atom is 0.322 e. The second kappa shape index (κ2) is 4.57. The van der Waals surface area contributed by atoms with Gasteiger partial charge >= 0.3 is 6.03 Å². The maximum absolute atomic E-state index is 12.7. The highest BCUT2D eigenvalue weighted by Gasteiger charge is 2.45. The van der Waals surface area contributed by atoms with Crippen molar-refractivity contribution in [2.75, 3.05) is 18.4 Å². The molecule has 1 heterocycles. The molecule has 1 aliphatic heterocycles. The highest BCUT2D eigenvalue weighted by atomic mass is 19.1. The summed E-state index contributed by atoms with van der Waals surface area (Å²) < 4.78 is 12.7. The number of likely N-dealkylation sites (tertiary alicyclic amines) is 1. The SMILES string of the molecule is CC(C)C1(O)CN(C(=O)Nc2ccc(F)cc2)C1. The molecule has 2 N–H and O–H groups in total. The summed E-state index contributed by atoms with van der Waals surface area (Å²) in [5.74, 6) is -0.224. The quantitative estimate of drug-likeness (QED) is 0.846. The third-order valence-corrected chi connectivity index (χ3v) is 3.39. The molecule has 0 atom stereocenters. The number of nitrogens with one attached hydrogen (secondary N) is 1. The van der Waals surface area contributed by atoms with E-state index in [0.717, 1.165) is 0 Å². The fourth-order valence-corrected chi connectivity index (χ4v) is 1.86. The lowest BCUT2D eigenvalue weighted by Gasteiger charge is -2.48. The van der Waals surface area contributed by atoms with Crippen LogP contribution in [0, 0.1) is 11.7 Å². The van der Waals surface area contributed by atoms with E-state index in [2.05, 4.69) is 5.32 Å². The summed E-state index contributed by atoms with van der Waals surface area (Å²) in [5.41, 5.74) is -0.235. The lowest BCUT2D eigenvalue weighted by atomic mass is 9.83. The predicted octanol–water partition coefficient (Wildman–Crippen LogP) is 2.06. The van der Waals surface area contributed by atoms with Gasteiger partial charge in [-0.25, -0.2) is 9.18 Å². The second-order valence-electron chi connectivity index (χ2n) is 5.05. The third-order valence-electron chi connectivity index (χ3n) is 3.39. The van der Waals surface area contributed by atoms with E-state index in [9.17, 15) is 14.3 Å². The molecule has 2 amide bonds. The number of nitrogens with zero attached hydrogens (tertiary/aromatic N) is 1. The first-order chi connectivity index (χ1) is 8.40. The molecule has 2 rings (SSSR count). The number of benzene rings is 1. The number of aliphatic hydroxyl groups is 1. The number of hydrogen-bond acceptors (Lipinski definition) is 2. The van der Waals surface area contributed by atoms with Gasteiger partial charge < -0.3 is 15.3 Å². The Morgan fingerprint density at radius 3 is 2.44 bits per heavy atom. The maximum atomic E-state index is 12.7. The Morgan fingerprint density at radius 2 is 1.94 bits per heavy atom. The molecule has 0 unspecified atom stereocenters. The largest absolute Gasteiger partial charge is 0.386 e. The van der Waals surface area contributed by atoms with E-state index in [0.29, 0.717) is 18.8 Å². The number of urea groups is 1. The molecule has 4 nitrogen and oxygen atoms in total. The molecule has 98 valence electrons. The van der Waals surface area contributed by atoms with Crippen LogP contribution in [0.1, 0.15) is 13.8 Å². The number of rotatable bonds is 2. The summed E-state index contributed by atoms with van der Waals surface area (Å²) in [4.78, 5) is 13.3. The monoisotopic (exact) mass is 252 g/mol. The average molecular weight is 252 g/mol. The minimum Gasteiger partial charge on any atom is -0.386 e. The van der Waals surface area contributed by atoms with E-state index in [-0.39, 0.29) is 17.8 Å². The molecule has 1 aromatic carbocycles. The number of carbonyl (C=O) groups is 1. The molecule has 1 aliphatic rings. The lowest BCUT2D eigenvalue weighted by Crippen LogP contribution is -2.66. The van der Waals surface area contributed by atoms with Crippen LogP contribution < -0.4 is 5.32 Å². The third kappa shape index (κ3) is 2.46. The van der Waals surface area contributed by atoms with Gasteiger partial charge in [0.15, 0.2) is 0 Å². The molecule has 5 heteroatoms. The van der Waals surface area contributed by atoms with Crippen molar-refractivity contribution >= 4 is 11.7 Å². The molecule has 1 saturated heterocycles. The zero-order valence-corrected chi connectivity index (χ0v) is 10.5. The van der Waals surface area contributed by atoms with Gasteiger partial charge in [0.05, 0.1) is 13.1 Å². The first-order valence-electron chi connectivity index (χ1n) is 5.94. The van der Waals surface area contributed by atoms with Crippen molar-refractivity contribution in [2.24, 2.45) is 5.92 Å². The molecule has 1 fully saturated rings. The van der Waals surface area contributed by atoms with E-state index >= 15 is 0 Å². The summed E-state index contributed by atoms with van der Waals surface area (Å²) in [6, 6.07) is 5.31. The molecule has 0 bridgehead atoms. The van der Waals surface area contributed by atoms with Gasteiger partial charge in [0.1, 0.15) is 11.4 Å². The second-order valence-corrected chi connectivity index (χ2v) is 5.05. The smallest absolute Gasteiger partial charge is 0.322 e. The average Bonchev–Trinajstić information content (AvgIpc) is 2.27. The Bertz CT molecular complexity index is 439. The van der Waals surface area contributed by atoms with Gasteiger partial charge in [-0.05, 0) is 30.2 Å². The fraction of sp³-hybridized carbons (Fsp3) is 0.462. The lowest BCUT2D eigenvalue weighted by molar-refractivity contribution is -0.105. The minimum absolute atomic E-state index is 0.118. The van der Waals surface area contributed by atoms with Crippen LogP contribution in [0.5, 0.6) is 0 Å². The Morgan fingerprint density at radius 1 is 1.39 bits per heavy atom. The van der Waals surface area contributed by atoms with Crippen LogP contribution >= 0.6 is 0 Å². The van der Waals surface area contributed by atoms with Crippen LogP contribution in [0.25, 0.3) is 0 Å². The topological polar surface area (TPSA) is 52.6 Å².